The fourth-order valence-electron chi connectivity index (χ4n) is 1.68. The number of likely N-dealkylation sites (tertiary alicyclic amines) is 1. The quantitative estimate of drug-likeness (QED) is 0.641. The highest BCUT2D eigenvalue weighted by Crippen LogP contribution is 2.17. The minimum absolute atomic E-state index is 0.206. The topological polar surface area (TPSA) is 83.6 Å². The van der Waals surface area contributed by atoms with E-state index in [9.17, 15) is 9.59 Å². The molecule has 0 aliphatic carbocycles. The molecular weight excluding hydrogens is 184 g/mol. The summed E-state index contributed by atoms with van der Waals surface area (Å²) in [4.78, 5) is 23.4. The van der Waals surface area contributed by atoms with Crippen LogP contribution in [0.3, 0.4) is 0 Å². The number of carbonyl (C=O) groups is 2. The molecule has 0 radical (unpaired) electrons. The maximum absolute atomic E-state index is 10.8. The monoisotopic (exact) mass is 200 g/mol. The molecule has 2 unspecified atom stereocenters. The number of rotatable bonds is 4. The lowest BCUT2D eigenvalue weighted by atomic mass is 10.1. The van der Waals surface area contributed by atoms with Crippen LogP contribution in [0, 0.1) is 11.8 Å². The fraction of sp³-hybridized carbons (Fsp3) is 0.778. The molecule has 1 amide bonds. The largest absolute Gasteiger partial charge is 0.481 e. The van der Waals surface area contributed by atoms with E-state index in [0.717, 1.165) is 6.54 Å². The number of carboxylic acid groups (broad SMARTS) is 1. The average molecular weight is 200 g/mol. The van der Waals surface area contributed by atoms with Gasteiger partial charge < -0.3 is 15.7 Å². The van der Waals surface area contributed by atoms with Gasteiger partial charge in [-0.15, -0.1) is 0 Å². The van der Waals surface area contributed by atoms with Gasteiger partial charge in [0.15, 0.2) is 0 Å². The van der Waals surface area contributed by atoms with Crippen molar-refractivity contribution in [1.82, 2.24) is 4.90 Å². The summed E-state index contributed by atoms with van der Waals surface area (Å²) in [5.74, 6) is -1.57. The summed E-state index contributed by atoms with van der Waals surface area (Å²) in [6.45, 7) is 3.61. The smallest absolute Gasteiger partial charge is 0.307 e. The third kappa shape index (κ3) is 2.70. The van der Waals surface area contributed by atoms with Crippen LogP contribution in [0.5, 0.6) is 0 Å². The molecule has 1 fully saturated rings. The Morgan fingerprint density at radius 1 is 1.64 bits per heavy atom. The molecule has 1 heterocycles. The molecule has 0 aromatic heterocycles. The number of hydrogen-bond donors (Lipinski definition) is 2. The van der Waals surface area contributed by atoms with Gasteiger partial charge in [0.25, 0.3) is 0 Å². The molecule has 1 aliphatic rings. The molecule has 2 atom stereocenters. The third-order valence-electron chi connectivity index (χ3n) is 2.64. The Morgan fingerprint density at radius 3 is 2.71 bits per heavy atom. The zero-order valence-corrected chi connectivity index (χ0v) is 8.27. The first-order valence-corrected chi connectivity index (χ1v) is 4.75. The molecule has 14 heavy (non-hydrogen) atoms. The second-order valence-electron chi connectivity index (χ2n) is 3.89. The van der Waals surface area contributed by atoms with E-state index in [1.165, 1.54) is 0 Å². The van der Waals surface area contributed by atoms with E-state index < -0.39 is 5.97 Å². The molecule has 1 rings (SSSR count). The van der Waals surface area contributed by atoms with Crippen LogP contribution in [0.1, 0.15) is 13.3 Å². The van der Waals surface area contributed by atoms with Crippen molar-refractivity contribution in [3.05, 3.63) is 0 Å². The maximum atomic E-state index is 10.8. The Morgan fingerprint density at radius 2 is 2.29 bits per heavy atom. The van der Waals surface area contributed by atoms with Gasteiger partial charge in [-0.2, -0.15) is 0 Å². The molecule has 1 saturated heterocycles. The van der Waals surface area contributed by atoms with Gasteiger partial charge >= 0.3 is 5.97 Å². The van der Waals surface area contributed by atoms with E-state index in [4.69, 9.17) is 10.8 Å². The first kappa shape index (κ1) is 11.0. The Labute approximate surface area is 82.9 Å². The summed E-state index contributed by atoms with van der Waals surface area (Å²) < 4.78 is 0. The molecule has 80 valence electrons. The van der Waals surface area contributed by atoms with Crippen molar-refractivity contribution in [2.45, 2.75) is 13.3 Å². The summed E-state index contributed by atoms with van der Waals surface area (Å²) >= 11 is 0. The third-order valence-corrected chi connectivity index (χ3v) is 2.64. The van der Waals surface area contributed by atoms with Crippen molar-refractivity contribution in [2.24, 2.45) is 17.6 Å². The zero-order chi connectivity index (χ0) is 10.7. The first-order valence-electron chi connectivity index (χ1n) is 4.75. The number of primary amides is 1. The number of hydrogen-bond acceptors (Lipinski definition) is 3. The van der Waals surface area contributed by atoms with Crippen LogP contribution < -0.4 is 5.73 Å². The van der Waals surface area contributed by atoms with Gasteiger partial charge in [-0.05, 0) is 13.0 Å². The molecule has 5 heteroatoms. The van der Waals surface area contributed by atoms with Crippen LogP contribution in [0.15, 0.2) is 0 Å². The Balaban J connectivity index is 2.36. The van der Waals surface area contributed by atoms with Gasteiger partial charge in [-0.25, -0.2) is 0 Å². The summed E-state index contributed by atoms with van der Waals surface area (Å²) in [5, 5.41) is 8.76. The highest BCUT2D eigenvalue weighted by Gasteiger charge is 2.29. The number of nitrogens with zero attached hydrogens (tertiary/aromatic N) is 1. The van der Waals surface area contributed by atoms with Crippen molar-refractivity contribution in [3.8, 4) is 0 Å². The van der Waals surface area contributed by atoms with Crippen LogP contribution in [0.25, 0.3) is 0 Å². The van der Waals surface area contributed by atoms with Crippen LogP contribution >= 0.6 is 0 Å². The lowest BCUT2D eigenvalue weighted by Crippen LogP contribution is -2.34. The van der Waals surface area contributed by atoms with E-state index >= 15 is 0 Å². The van der Waals surface area contributed by atoms with Crippen LogP contribution in [0.2, 0.25) is 0 Å². The second-order valence-corrected chi connectivity index (χ2v) is 3.89. The minimum atomic E-state index is -0.751. The zero-order valence-electron chi connectivity index (χ0n) is 8.27. The molecule has 0 aromatic rings. The Kier molecular flexibility index (Phi) is 3.46. The maximum Gasteiger partial charge on any atom is 0.307 e. The van der Waals surface area contributed by atoms with Crippen molar-refractivity contribution in [3.63, 3.8) is 0 Å². The van der Waals surface area contributed by atoms with Crippen LogP contribution in [-0.2, 0) is 9.59 Å². The lowest BCUT2D eigenvalue weighted by molar-refractivity contribution is -0.141. The summed E-state index contributed by atoms with van der Waals surface area (Å²) in [6, 6.07) is 0. The molecule has 3 N–H and O–H groups in total. The standard InChI is InChI=1S/C9H16N2O3/c1-6(8(10)12)4-11-3-2-7(5-11)9(13)14/h6-7H,2-5H2,1H3,(H2,10,12)(H,13,14). The first-order chi connectivity index (χ1) is 6.50. The SMILES string of the molecule is CC(CN1CCC(C(=O)O)C1)C(N)=O. The normalized spacial score (nSPS) is 24.8. The highest BCUT2D eigenvalue weighted by atomic mass is 16.4. The minimum Gasteiger partial charge on any atom is -0.481 e. The number of aliphatic carboxylic acids is 1. The highest BCUT2D eigenvalue weighted by molar-refractivity contribution is 5.76. The molecule has 5 nitrogen and oxygen atoms in total. The van der Waals surface area contributed by atoms with Crippen molar-refractivity contribution < 1.29 is 14.7 Å². The summed E-state index contributed by atoms with van der Waals surface area (Å²) in [5.41, 5.74) is 5.13. The van der Waals surface area contributed by atoms with Crippen LogP contribution in [-0.4, -0.2) is 41.5 Å². The van der Waals surface area contributed by atoms with Crippen molar-refractivity contribution in [2.75, 3.05) is 19.6 Å². The number of nitrogens with two attached hydrogens (primary N) is 1. The van der Waals surface area contributed by atoms with Gasteiger partial charge in [0, 0.05) is 19.0 Å². The summed E-state index contributed by atoms with van der Waals surface area (Å²) in [7, 11) is 0. The van der Waals surface area contributed by atoms with Crippen molar-refractivity contribution >= 4 is 11.9 Å². The Bertz CT molecular complexity index is 242. The van der Waals surface area contributed by atoms with E-state index in [1.54, 1.807) is 6.92 Å². The molecule has 1 aliphatic heterocycles. The molecule has 0 bridgehead atoms. The van der Waals surface area contributed by atoms with Gasteiger partial charge in [0.2, 0.25) is 5.91 Å². The van der Waals surface area contributed by atoms with E-state index in [0.29, 0.717) is 19.5 Å². The number of amides is 1. The summed E-state index contributed by atoms with van der Waals surface area (Å²) in [6.07, 6.45) is 0.667. The second kappa shape index (κ2) is 4.41. The van der Waals surface area contributed by atoms with Gasteiger partial charge in [0.05, 0.1) is 5.92 Å². The van der Waals surface area contributed by atoms with Gasteiger partial charge in [0.1, 0.15) is 0 Å². The van der Waals surface area contributed by atoms with E-state index in [2.05, 4.69) is 0 Å². The molecule has 0 saturated carbocycles. The molecule has 0 spiro atoms. The van der Waals surface area contributed by atoms with E-state index in [1.807, 2.05) is 4.90 Å². The van der Waals surface area contributed by atoms with E-state index in [-0.39, 0.29) is 17.7 Å². The van der Waals surface area contributed by atoms with Crippen molar-refractivity contribution in [1.29, 1.82) is 0 Å². The molecule has 0 aromatic carbocycles. The number of carbonyl (C=O) groups excluding carboxylic acids is 1. The van der Waals surface area contributed by atoms with Crippen LogP contribution in [0.4, 0.5) is 0 Å². The van der Waals surface area contributed by atoms with Gasteiger partial charge in [-0.3, -0.25) is 9.59 Å². The molecular formula is C9H16N2O3. The fourth-order valence-corrected chi connectivity index (χ4v) is 1.68. The number of carboxylic acids is 1. The Hall–Kier alpha value is -1.10. The predicted molar refractivity (Wildman–Crippen MR) is 50.5 cm³/mol. The average Bonchev–Trinajstić information content (AvgIpc) is 2.52. The van der Waals surface area contributed by atoms with Gasteiger partial charge in [-0.1, -0.05) is 6.92 Å². The predicted octanol–water partition coefficient (Wildman–Crippen LogP) is -0.486. The lowest BCUT2D eigenvalue weighted by Gasteiger charge is -2.17.